The number of hydrogen-bond acceptors (Lipinski definition) is 5. The van der Waals surface area contributed by atoms with Gasteiger partial charge in [-0.2, -0.15) is 0 Å². The molecule has 0 radical (unpaired) electrons. The van der Waals surface area contributed by atoms with E-state index in [9.17, 15) is 21.6 Å². The van der Waals surface area contributed by atoms with Crippen LogP contribution in [0.15, 0.2) is 27.6 Å². The molecule has 0 unspecified atom stereocenters. The fourth-order valence-electron chi connectivity index (χ4n) is 1.40. The predicted octanol–water partition coefficient (Wildman–Crippen LogP) is 1.54. The van der Waals surface area contributed by atoms with Crippen molar-refractivity contribution in [2.75, 3.05) is 18.1 Å². The monoisotopic (exact) mass is 417 g/mol. The van der Waals surface area contributed by atoms with Crippen molar-refractivity contribution in [3.05, 3.63) is 28.2 Å². The van der Waals surface area contributed by atoms with Gasteiger partial charge in [-0.05, 0) is 34.1 Å². The minimum Gasteiger partial charge on any atom is -0.351 e. The van der Waals surface area contributed by atoms with Crippen LogP contribution in [0.3, 0.4) is 0 Å². The first-order chi connectivity index (χ1) is 9.57. The minimum absolute atomic E-state index is 0.00417. The fourth-order valence-corrected chi connectivity index (χ4v) is 4.22. The third-order valence-electron chi connectivity index (χ3n) is 2.59. The molecule has 1 aromatic rings. The van der Waals surface area contributed by atoms with Crippen LogP contribution in [0.2, 0.25) is 0 Å². The Labute approximate surface area is 136 Å². The van der Waals surface area contributed by atoms with Crippen LogP contribution in [0, 0.1) is 0 Å². The lowest BCUT2D eigenvalue weighted by molar-refractivity contribution is 0.0956. The van der Waals surface area contributed by atoms with Crippen molar-refractivity contribution in [1.29, 1.82) is 0 Å². The van der Waals surface area contributed by atoms with Crippen LogP contribution in [0.4, 0.5) is 0 Å². The van der Waals surface area contributed by atoms with E-state index in [2.05, 4.69) is 21.2 Å². The summed E-state index contributed by atoms with van der Waals surface area (Å²) in [5.41, 5.74) is 0.0753. The van der Waals surface area contributed by atoms with Crippen molar-refractivity contribution < 1.29 is 21.6 Å². The van der Waals surface area contributed by atoms with Crippen molar-refractivity contribution in [3.8, 4) is 0 Å². The van der Waals surface area contributed by atoms with Gasteiger partial charge < -0.3 is 5.32 Å². The molecule has 0 aliphatic heterocycles. The summed E-state index contributed by atoms with van der Waals surface area (Å²) in [6.45, 7) is 1.47. The number of rotatable bonds is 6. The Hall–Kier alpha value is -0.640. The molecule has 1 aromatic carbocycles. The van der Waals surface area contributed by atoms with Gasteiger partial charge in [-0.15, -0.1) is 0 Å². The highest BCUT2D eigenvalue weighted by Crippen LogP contribution is 2.26. The molecule has 21 heavy (non-hydrogen) atoms. The second-order valence-corrected chi connectivity index (χ2v) is 9.94. The van der Waals surface area contributed by atoms with E-state index >= 15 is 0 Å². The van der Waals surface area contributed by atoms with Crippen molar-refractivity contribution in [2.45, 2.75) is 11.8 Å². The number of nitrogens with one attached hydrogen (secondary N) is 1. The van der Waals surface area contributed by atoms with Gasteiger partial charge in [0.15, 0.2) is 9.84 Å². The molecule has 10 heteroatoms. The van der Waals surface area contributed by atoms with Crippen molar-refractivity contribution >= 4 is 51.4 Å². The second kappa shape index (κ2) is 7.08. The lowest BCUT2D eigenvalue weighted by Gasteiger charge is -2.07. The highest BCUT2D eigenvalue weighted by Gasteiger charge is 2.17. The van der Waals surface area contributed by atoms with E-state index in [1.165, 1.54) is 19.1 Å². The summed E-state index contributed by atoms with van der Waals surface area (Å²) in [5, 5.41) is 2.42. The highest BCUT2D eigenvalue weighted by molar-refractivity contribution is 9.10. The molecule has 0 spiro atoms. The molecular formula is C11H13BrClNO5S2. The Bertz CT molecular complexity index is 746. The molecule has 1 rings (SSSR count). The zero-order valence-electron chi connectivity index (χ0n) is 11.0. The van der Waals surface area contributed by atoms with E-state index < -0.39 is 24.8 Å². The van der Waals surface area contributed by atoms with Gasteiger partial charge in [0.25, 0.3) is 15.0 Å². The van der Waals surface area contributed by atoms with E-state index in [-0.39, 0.29) is 33.0 Å². The SMILES string of the molecule is CCS(=O)(=O)CCNC(=O)c1ccc(Br)c(S(=O)(=O)Cl)c1. The number of carbonyl (C=O) groups excluding carboxylic acids is 1. The van der Waals surface area contributed by atoms with Gasteiger partial charge in [0.05, 0.1) is 10.6 Å². The van der Waals surface area contributed by atoms with E-state index in [0.717, 1.165) is 6.07 Å². The summed E-state index contributed by atoms with van der Waals surface area (Å²) in [5.74, 6) is -0.752. The van der Waals surface area contributed by atoms with E-state index in [0.29, 0.717) is 0 Å². The van der Waals surface area contributed by atoms with Crippen LogP contribution >= 0.6 is 26.6 Å². The Morgan fingerprint density at radius 1 is 1.29 bits per heavy atom. The summed E-state index contributed by atoms with van der Waals surface area (Å²) < 4.78 is 45.5. The number of hydrogen-bond donors (Lipinski definition) is 1. The average molecular weight is 419 g/mol. The number of benzene rings is 1. The maximum Gasteiger partial charge on any atom is 0.262 e. The predicted molar refractivity (Wildman–Crippen MR) is 83.8 cm³/mol. The van der Waals surface area contributed by atoms with Gasteiger partial charge >= 0.3 is 0 Å². The molecule has 0 saturated carbocycles. The molecule has 0 aliphatic carbocycles. The third-order valence-corrected chi connectivity index (χ3v) is 6.62. The van der Waals surface area contributed by atoms with Crippen molar-refractivity contribution in [3.63, 3.8) is 0 Å². The molecule has 0 aromatic heterocycles. The number of amides is 1. The smallest absolute Gasteiger partial charge is 0.262 e. The Morgan fingerprint density at radius 3 is 2.43 bits per heavy atom. The summed E-state index contributed by atoms with van der Waals surface area (Å²) >= 11 is 3.03. The number of halogens is 2. The molecule has 1 N–H and O–H groups in total. The number of sulfone groups is 1. The van der Waals surface area contributed by atoms with Crippen LogP contribution in [0.1, 0.15) is 17.3 Å². The summed E-state index contributed by atoms with van der Waals surface area (Å²) in [4.78, 5) is 11.6. The summed E-state index contributed by atoms with van der Waals surface area (Å²) in [6.07, 6.45) is 0. The molecule has 0 heterocycles. The third kappa shape index (κ3) is 5.57. The van der Waals surface area contributed by atoms with Gasteiger partial charge in [0, 0.05) is 33.0 Å². The van der Waals surface area contributed by atoms with Gasteiger partial charge in [0.2, 0.25) is 0 Å². The van der Waals surface area contributed by atoms with Crippen LogP contribution in [-0.2, 0) is 18.9 Å². The number of carbonyl (C=O) groups is 1. The largest absolute Gasteiger partial charge is 0.351 e. The van der Waals surface area contributed by atoms with E-state index in [1.807, 2.05) is 0 Å². The Morgan fingerprint density at radius 2 is 1.90 bits per heavy atom. The molecule has 6 nitrogen and oxygen atoms in total. The van der Waals surface area contributed by atoms with E-state index in [4.69, 9.17) is 10.7 Å². The fraction of sp³-hybridized carbons (Fsp3) is 0.364. The Balaban J connectivity index is 2.85. The lowest BCUT2D eigenvalue weighted by atomic mass is 10.2. The van der Waals surface area contributed by atoms with Gasteiger partial charge in [-0.25, -0.2) is 16.8 Å². The van der Waals surface area contributed by atoms with Crippen molar-refractivity contribution in [1.82, 2.24) is 5.32 Å². The Kier molecular flexibility index (Phi) is 6.21. The summed E-state index contributed by atoms with van der Waals surface area (Å²) in [7, 11) is -1.91. The maximum atomic E-state index is 11.9. The minimum atomic E-state index is -3.99. The van der Waals surface area contributed by atoms with Crippen LogP contribution < -0.4 is 5.32 Å². The lowest BCUT2D eigenvalue weighted by Crippen LogP contribution is -2.29. The van der Waals surface area contributed by atoms with Gasteiger partial charge in [0.1, 0.15) is 0 Å². The van der Waals surface area contributed by atoms with Crippen LogP contribution in [0.5, 0.6) is 0 Å². The molecule has 0 aliphatic rings. The molecule has 0 atom stereocenters. The first-order valence-electron chi connectivity index (χ1n) is 5.79. The zero-order valence-corrected chi connectivity index (χ0v) is 14.9. The maximum absolute atomic E-state index is 11.9. The van der Waals surface area contributed by atoms with Gasteiger partial charge in [-0.3, -0.25) is 4.79 Å². The van der Waals surface area contributed by atoms with Gasteiger partial charge in [-0.1, -0.05) is 6.92 Å². The molecule has 1 amide bonds. The topological polar surface area (TPSA) is 97.4 Å². The first-order valence-corrected chi connectivity index (χ1v) is 10.7. The zero-order chi connectivity index (χ0) is 16.3. The van der Waals surface area contributed by atoms with Crippen molar-refractivity contribution in [2.24, 2.45) is 0 Å². The second-order valence-electron chi connectivity index (χ2n) is 4.08. The average Bonchev–Trinajstić information content (AvgIpc) is 2.37. The quantitative estimate of drug-likeness (QED) is 0.707. The molecule has 0 bridgehead atoms. The molecule has 0 saturated heterocycles. The van der Waals surface area contributed by atoms with Crippen LogP contribution in [0.25, 0.3) is 0 Å². The van der Waals surface area contributed by atoms with E-state index in [1.54, 1.807) is 0 Å². The molecular weight excluding hydrogens is 406 g/mol. The highest BCUT2D eigenvalue weighted by atomic mass is 79.9. The normalized spacial score (nSPS) is 12.1. The van der Waals surface area contributed by atoms with Crippen LogP contribution in [-0.4, -0.2) is 40.8 Å². The molecule has 0 fully saturated rings. The molecule has 118 valence electrons. The summed E-state index contributed by atoms with van der Waals surface area (Å²) in [6, 6.07) is 3.91. The first kappa shape index (κ1) is 18.4. The standard InChI is InChI=1S/C11H13BrClNO5S2/c1-2-20(16,17)6-5-14-11(15)8-3-4-9(12)10(7-8)21(13,18)19/h3-4,7H,2,5-6H2,1H3,(H,14,15).